The van der Waals surface area contributed by atoms with Crippen molar-refractivity contribution in [1.29, 1.82) is 0 Å². The molecule has 8 heteroatoms. The summed E-state index contributed by atoms with van der Waals surface area (Å²) < 4.78 is 4.47. The van der Waals surface area contributed by atoms with Crippen LogP contribution in [0.2, 0.25) is 5.02 Å². The maximum absolute atomic E-state index is 11.6. The van der Waals surface area contributed by atoms with Gasteiger partial charge in [0, 0.05) is 11.1 Å². The molecule has 110 valence electrons. The van der Waals surface area contributed by atoms with Gasteiger partial charge in [-0.1, -0.05) is 35.5 Å². The van der Waals surface area contributed by atoms with Crippen LogP contribution >= 0.6 is 23.4 Å². The highest BCUT2D eigenvalue weighted by molar-refractivity contribution is 8.05. The minimum atomic E-state index is -0.571. The molecule has 1 heterocycles. The highest BCUT2D eigenvalue weighted by Crippen LogP contribution is 2.25. The van der Waals surface area contributed by atoms with Crippen LogP contribution in [0.5, 0.6) is 0 Å². The number of amides is 1. The van der Waals surface area contributed by atoms with Gasteiger partial charge < -0.3 is 10.1 Å². The van der Waals surface area contributed by atoms with Crippen LogP contribution in [0.15, 0.2) is 40.3 Å². The van der Waals surface area contributed by atoms with Crippen molar-refractivity contribution in [3.8, 4) is 0 Å². The average molecular weight is 326 g/mol. The number of benzene rings is 1. The second-order valence-electron chi connectivity index (χ2n) is 3.94. The molecule has 1 aliphatic rings. The summed E-state index contributed by atoms with van der Waals surface area (Å²) in [4.78, 5) is 23.0. The lowest BCUT2D eigenvalue weighted by molar-refractivity contribution is -0.135. The number of nitrogens with one attached hydrogen (secondary N) is 2. The van der Waals surface area contributed by atoms with E-state index in [0.29, 0.717) is 5.02 Å². The van der Waals surface area contributed by atoms with E-state index >= 15 is 0 Å². The first-order valence-electron chi connectivity index (χ1n) is 5.90. The third kappa shape index (κ3) is 4.51. The molecule has 1 aromatic rings. The minimum Gasteiger partial charge on any atom is -0.466 e. The van der Waals surface area contributed by atoms with Crippen LogP contribution in [-0.4, -0.2) is 30.7 Å². The molecule has 1 fully saturated rings. The maximum Gasteiger partial charge on any atom is 0.331 e. The summed E-state index contributed by atoms with van der Waals surface area (Å²) in [6.07, 6.45) is 2.75. The van der Waals surface area contributed by atoms with Crippen molar-refractivity contribution >= 4 is 41.5 Å². The van der Waals surface area contributed by atoms with E-state index < -0.39 is 11.5 Å². The summed E-state index contributed by atoms with van der Waals surface area (Å²) in [5.41, 5.74) is 3.20. The zero-order chi connectivity index (χ0) is 15.2. The van der Waals surface area contributed by atoms with E-state index in [2.05, 4.69) is 20.6 Å². The van der Waals surface area contributed by atoms with Gasteiger partial charge in [-0.25, -0.2) is 4.79 Å². The summed E-state index contributed by atoms with van der Waals surface area (Å²) in [5.74, 6) is -0.914. The Morgan fingerprint density at radius 3 is 2.86 bits per heavy atom. The molecule has 21 heavy (non-hydrogen) atoms. The van der Waals surface area contributed by atoms with Gasteiger partial charge in [-0.2, -0.15) is 5.10 Å². The van der Waals surface area contributed by atoms with Crippen molar-refractivity contribution in [2.45, 2.75) is 5.50 Å². The normalized spacial score (nSPS) is 19.8. The average Bonchev–Trinajstić information content (AvgIpc) is 2.81. The Hall–Kier alpha value is -1.99. The summed E-state index contributed by atoms with van der Waals surface area (Å²) in [5, 5.41) is 7.30. The van der Waals surface area contributed by atoms with E-state index in [9.17, 15) is 9.59 Å². The van der Waals surface area contributed by atoms with E-state index in [1.54, 1.807) is 18.3 Å². The molecule has 1 aliphatic heterocycles. The topological polar surface area (TPSA) is 79.8 Å². The number of methoxy groups -OCH3 is 1. The molecule has 0 spiro atoms. The van der Waals surface area contributed by atoms with Gasteiger partial charge in [-0.3, -0.25) is 10.2 Å². The monoisotopic (exact) mass is 325 g/mol. The van der Waals surface area contributed by atoms with Gasteiger partial charge in [0.25, 0.3) is 5.91 Å². The third-order valence-electron chi connectivity index (χ3n) is 2.46. The molecule has 2 N–H and O–H groups in total. The van der Waals surface area contributed by atoms with Crippen LogP contribution in [0.4, 0.5) is 0 Å². The van der Waals surface area contributed by atoms with Crippen LogP contribution < -0.4 is 10.7 Å². The predicted octanol–water partition coefficient (Wildman–Crippen LogP) is 1.47. The molecular weight excluding hydrogens is 314 g/mol. The first-order valence-corrected chi connectivity index (χ1v) is 7.15. The van der Waals surface area contributed by atoms with Gasteiger partial charge >= 0.3 is 5.97 Å². The number of esters is 1. The van der Waals surface area contributed by atoms with E-state index in [4.69, 9.17) is 11.6 Å². The Labute approximate surface area is 130 Å². The second kappa shape index (κ2) is 7.14. The van der Waals surface area contributed by atoms with E-state index in [0.717, 1.165) is 23.4 Å². The van der Waals surface area contributed by atoms with Gasteiger partial charge in [0.2, 0.25) is 0 Å². The highest BCUT2D eigenvalue weighted by Gasteiger charge is 2.27. The summed E-state index contributed by atoms with van der Waals surface area (Å²) in [6.45, 7) is 0. The zero-order valence-electron chi connectivity index (χ0n) is 11.0. The van der Waals surface area contributed by atoms with Crippen molar-refractivity contribution in [2.75, 3.05) is 7.11 Å². The minimum absolute atomic E-state index is 0.279. The number of halogens is 1. The van der Waals surface area contributed by atoms with Crippen molar-refractivity contribution in [2.24, 2.45) is 5.10 Å². The molecule has 0 unspecified atom stereocenters. The zero-order valence-corrected chi connectivity index (χ0v) is 12.6. The molecule has 1 atom stereocenters. The number of rotatable bonds is 4. The Balaban J connectivity index is 1.90. The van der Waals surface area contributed by atoms with Gasteiger partial charge in [-0.15, -0.1) is 0 Å². The number of nitrogens with zero attached hydrogens (tertiary/aromatic N) is 1. The van der Waals surface area contributed by atoms with Crippen molar-refractivity contribution in [3.63, 3.8) is 0 Å². The van der Waals surface area contributed by atoms with E-state index in [1.807, 2.05) is 12.1 Å². The Bertz CT molecular complexity index is 601. The molecule has 0 aromatic heterocycles. The van der Waals surface area contributed by atoms with Gasteiger partial charge in [0.05, 0.1) is 18.2 Å². The third-order valence-corrected chi connectivity index (χ3v) is 3.72. The number of ether oxygens (including phenoxy) is 1. The molecule has 6 nitrogen and oxygen atoms in total. The molecule has 0 saturated carbocycles. The Morgan fingerprint density at radius 2 is 2.19 bits per heavy atom. The van der Waals surface area contributed by atoms with Gasteiger partial charge in [0.1, 0.15) is 0 Å². The summed E-state index contributed by atoms with van der Waals surface area (Å²) >= 11 is 6.93. The standard InChI is InChI=1S/C13H12ClN3O3S/c1-20-11(18)6-10-12(19)16-13(21-10)17-15-7-8-2-4-9(14)5-3-8/h2-7,13,17H,1H3,(H,16,19)/b10-6+,15-7-/t13-/m1/s1. The van der Waals surface area contributed by atoms with E-state index in [-0.39, 0.29) is 10.8 Å². The molecule has 0 aliphatic carbocycles. The fourth-order valence-electron chi connectivity index (χ4n) is 1.45. The van der Waals surface area contributed by atoms with Crippen molar-refractivity contribution in [1.82, 2.24) is 10.7 Å². The number of hydrogen-bond acceptors (Lipinski definition) is 6. The lowest BCUT2D eigenvalue weighted by Crippen LogP contribution is -2.34. The van der Waals surface area contributed by atoms with E-state index in [1.165, 1.54) is 7.11 Å². The molecule has 0 bridgehead atoms. The Morgan fingerprint density at radius 1 is 1.48 bits per heavy atom. The number of carbonyl (C=O) groups excluding carboxylic acids is 2. The molecule has 1 saturated heterocycles. The highest BCUT2D eigenvalue weighted by atomic mass is 35.5. The number of carbonyl (C=O) groups is 2. The first-order chi connectivity index (χ1) is 10.1. The molecule has 1 amide bonds. The largest absolute Gasteiger partial charge is 0.466 e. The first kappa shape index (κ1) is 15.4. The number of hydrogen-bond donors (Lipinski definition) is 2. The van der Waals surface area contributed by atoms with Gasteiger partial charge in [-0.05, 0) is 17.7 Å². The number of thioether (sulfide) groups is 1. The summed E-state index contributed by atoms with van der Waals surface area (Å²) in [7, 11) is 1.25. The second-order valence-corrected chi connectivity index (χ2v) is 5.53. The fraction of sp³-hybridized carbons (Fsp3) is 0.154. The molecule has 2 rings (SSSR count). The lowest BCUT2D eigenvalue weighted by atomic mass is 10.2. The SMILES string of the molecule is COC(=O)/C=C1/S[C@@H](N/N=C\c2ccc(Cl)cc2)NC1=O. The van der Waals surface area contributed by atoms with Crippen LogP contribution in [-0.2, 0) is 14.3 Å². The Kier molecular flexibility index (Phi) is 5.24. The van der Waals surface area contributed by atoms with Crippen LogP contribution in [0.25, 0.3) is 0 Å². The van der Waals surface area contributed by atoms with Crippen LogP contribution in [0.3, 0.4) is 0 Å². The molecule has 0 radical (unpaired) electrons. The van der Waals surface area contributed by atoms with Gasteiger partial charge in [0.15, 0.2) is 5.50 Å². The van der Waals surface area contributed by atoms with Crippen LogP contribution in [0.1, 0.15) is 5.56 Å². The maximum atomic E-state index is 11.6. The molecular formula is C13H12ClN3O3S. The van der Waals surface area contributed by atoms with Crippen LogP contribution in [0, 0.1) is 0 Å². The predicted molar refractivity (Wildman–Crippen MR) is 81.8 cm³/mol. The summed E-state index contributed by atoms with van der Waals surface area (Å²) in [6, 6.07) is 7.14. The quantitative estimate of drug-likeness (QED) is 0.379. The van der Waals surface area contributed by atoms with Crippen molar-refractivity contribution in [3.05, 3.63) is 45.8 Å². The lowest BCUT2D eigenvalue weighted by Gasteiger charge is -2.06. The molecule has 1 aromatic carbocycles. The fourth-order valence-corrected chi connectivity index (χ4v) is 2.44. The van der Waals surface area contributed by atoms with Crippen molar-refractivity contribution < 1.29 is 14.3 Å². The number of hydrazone groups is 1. The smallest absolute Gasteiger partial charge is 0.331 e.